The molecule has 17 heteroatoms. The van der Waals surface area contributed by atoms with Gasteiger partial charge in [-0.3, -0.25) is 19.0 Å². The van der Waals surface area contributed by atoms with Crippen LogP contribution in [0, 0.1) is 0 Å². The monoisotopic (exact) mass is 690 g/mol. The number of hydrogen-bond acceptors (Lipinski definition) is 13. The van der Waals surface area contributed by atoms with Gasteiger partial charge in [0.15, 0.2) is 5.82 Å². The van der Waals surface area contributed by atoms with Gasteiger partial charge in [0, 0.05) is 65.5 Å². The molecule has 0 radical (unpaired) electrons. The summed E-state index contributed by atoms with van der Waals surface area (Å²) in [7, 11) is -2.20. The van der Waals surface area contributed by atoms with Crippen molar-refractivity contribution in [3.8, 4) is 11.4 Å². The van der Waals surface area contributed by atoms with Crippen LogP contribution in [0.15, 0.2) is 36.4 Å². The summed E-state index contributed by atoms with van der Waals surface area (Å²) in [6, 6.07) is 10.5. The standard InChI is InChI=1S/C31H43N6O10P/c1-6-7-20-45-30(41)36-18-16-35(17-19-36)29(40)31(3,48(42,44-5)47-46-22(2)38)34-28(39)24-21-25(37-15-11-14-26(37)43-4)33-27(32-24)23-12-9-8-10-13-23/h8-10,12-13,21,26H,6-7,11,14-20H2,1-5H3,(H,34,39)/t26-,31-,48+/m0/s1. The van der Waals surface area contributed by atoms with Gasteiger partial charge in [0.05, 0.1) is 6.61 Å². The van der Waals surface area contributed by atoms with E-state index in [0.717, 1.165) is 46.6 Å². The highest BCUT2D eigenvalue weighted by molar-refractivity contribution is 7.56. The molecule has 0 bridgehead atoms. The van der Waals surface area contributed by atoms with Crippen LogP contribution in [0.2, 0.25) is 0 Å². The number of rotatable bonds is 13. The van der Waals surface area contributed by atoms with Crippen LogP contribution in [0.3, 0.4) is 0 Å². The maximum Gasteiger partial charge on any atom is 0.409 e. The molecular formula is C31H43N6O10P. The van der Waals surface area contributed by atoms with Crippen molar-refractivity contribution >= 4 is 37.3 Å². The number of methoxy groups -OCH3 is 1. The first-order valence-electron chi connectivity index (χ1n) is 15.8. The summed E-state index contributed by atoms with van der Waals surface area (Å²) in [5.74, 6) is -2.07. The topological polar surface area (TPSA) is 179 Å². The molecule has 262 valence electrons. The van der Waals surface area contributed by atoms with Gasteiger partial charge in [-0.15, -0.1) is 0 Å². The Kier molecular flexibility index (Phi) is 12.5. The Labute approximate surface area is 279 Å². The lowest BCUT2D eigenvalue weighted by atomic mass is 10.2. The van der Waals surface area contributed by atoms with Gasteiger partial charge in [0.25, 0.3) is 11.8 Å². The van der Waals surface area contributed by atoms with Crippen LogP contribution in [0.25, 0.3) is 11.4 Å². The summed E-state index contributed by atoms with van der Waals surface area (Å²) in [4.78, 5) is 70.9. The van der Waals surface area contributed by atoms with Crippen LogP contribution in [0.1, 0.15) is 56.9 Å². The van der Waals surface area contributed by atoms with Gasteiger partial charge in [-0.1, -0.05) is 48.4 Å². The van der Waals surface area contributed by atoms with E-state index in [-0.39, 0.29) is 50.5 Å². The van der Waals surface area contributed by atoms with Crippen molar-refractivity contribution < 1.29 is 47.3 Å². The van der Waals surface area contributed by atoms with Crippen LogP contribution in [-0.4, -0.2) is 109 Å². The van der Waals surface area contributed by atoms with E-state index in [1.165, 1.54) is 15.9 Å². The molecule has 2 aromatic rings. The van der Waals surface area contributed by atoms with Gasteiger partial charge in [0.2, 0.25) is 5.28 Å². The third kappa shape index (κ3) is 8.29. The predicted molar refractivity (Wildman–Crippen MR) is 173 cm³/mol. The van der Waals surface area contributed by atoms with Crippen LogP contribution < -0.4 is 10.2 Å². The lowest BCUT2D eigenvalue weighted by molar-refractivity contribution is -0.216. The fraction of sp³-hybridized carbons (Fsp3) is 0.548. The molecule has 16 nitrogen and oxygen atoms in total. The Morgan fingerprint density at radius 1 is 1.02 bits per heavy atom. The van der Waals surface area contributed by atoms with Crippen LogP contribution >= 0.6 is 7.60 Å². The lowest BCUT2D eigenvalue weighted by Gasteiger charge is -2.40. The predicted octanol–water partition coefficient (Wildman–Crippen LogP) is 3.58. The first-order valence-corrected chi connectivity index (χ1v) is 17.3. The summed E-state index contributed by atoms with van der Waals surface area (Å²) >= 11 is 0. The molecule has 2 fully saturated rings. The molecule has 2 aliphatic rings. The summed E-state index contributed by atoms with van der Waals surface area (Å²) < 4.78 is 35.3. The number of ether oxygens (including phenoxy) is 2. The average molecular weight is 691 g/mol. The van der Waals surface area contributed by atoms with Crippen molar-refractivity contribution in [1.82, 2.24) is 25.1 Å². The zero-order chi connectivity index (χ0) is 34.9. The molecule has 3 heterocycles. The minimum Gasteiger partial charge on any atom is -0.449 e. The Hall–Kier alpha value is -4.11. The second-order valence-electron chi connectivity index (χ2n) is 11.4. The third-order valence-corrected chi connectivity index (χ3v) is 10.3. The van der Waals surface area contributed by atoms with Crippen molar-refractivity contribution in [2.75, 3.05) is 58.5 Å². The Balaban J connectivity index is 1.67. The second kappa shape index (κ2) is 16.3. The number of aromatic nitrogens is 2. The smallest absolute Gasteiger partial charge is 0.409 e. The summed E-state index contributed by atoms with van der Waals surface area (Å²) in [5, 5.41) is 0.114. The van der Waals surface area contributed by atoms with Crippen molar-refractivity contribution in [2.45, 2.75) is 58.0 Å². The zero-order valence-corrected chi connectivity index (χ0v) is 28.8. The number of unbranched alkanes of at least 4 members (excludes halogenated alkanes) is 1. The van der Waals surface area contributed by atoms with Crippen LogP contribution in [0.4, 0.5) is 10.6 Å². The number of anilines is 1. The summed E-state index contributed by atoms with van der Waals surface area (Å²) in [6.07, 6.45) is 2.40. The first kappa shape index (κ1) is 36.7. The van der Waals surface area contributed by atoms with E-state index in [1.54, 1.807) is 31.4 Å². The zero-order valence-electron chi connectivity index (χ0n) is 27.9. The van der Waals surface area contributed by atoms with Gasteiger partial charge < -0.3 is 34.0 Å². The number of benzene rings is 1. The Morgan fingerprint density at radius 3 is 2.33 bits per heavy atom. The third-order valence-electron chi connectivity index (χ3n) is 8.10. The molecular weight excluding hydrogens is 647 g/mol. The first-order chi connectivity index (χ1) is 23.0. The number of carbonyl (C=O) groups excluding carboxylic acids is 4. The molecule has 0 saturated carbocycles. The summed E-state index contributed by atoms with van der Waals surface area (Å²) in [6.45, 7) is 5.33. The molecule has 2 aliphatic heterocycles. The van der Waals surface area contributed by atoms with Crippen molar-refractivity contribution in [1.29, 1.82) is 0 Å². The molecule has 1 aromatic carbocycles. The van der Waals surface area contributed by atoms with Crippen LogP contribution in [-0.2, 0) is 37.7 Å². The molecule has 4 rings (SSSR count). The highest BCUT2D eigenvalue weighted by Crippen LogP contribution is 2.59. The number of amides is 3. The quantitative estimate of drug-likeness (QED) is 0.140. The number of piperazine rings is 1. The normalized spacial score (nSPS) is 18.9. The number of nitrogens with zero attached hydrogens (tertiary/aromatic N) is 5. The average Bonchev–Trinajstić information content (AvgIpc) is 3.59. The van der Waals surface area contributed by atoms with Gasteiger partial charge in [-0.25, -0.2) is 19.6 Å². The number of hydrogen-bond donors (Lipinski definition) is 1. The molecule has 0 spiro atoms. The lowest BCUT2D eigenvalue weighted by Crippen LogP contribution is -2.61. The van der Waals surface area contributed by atoms with E-state index in [4.69, 9.17) is 23.7 Å². The van der Waals surface area contributed by atoms with Gasteiger partial charge >= 0.3 is 19.7 Å². The van der Waals surface area contributed by atoms with E-state index >= 15 is 0 Å². The molecule has 2 saturated heterocycles. The van der Waals surface area contributed by atoms with Crippen molar-refractivity contribution in [3.63, 3.8) is 0 Å². The van der Waals surface area contributed by atoms with Crippen molar-refractivity contribution in [3.05, 3.63) is 42.1 Å². The molecule has 1 aromatic heterocycles. The Morgan fingerprint density at radius 2 is 1.71 bits per heavy atom. The fourth-order valence-corrected chi connectivity index (χ4v) is 6.76. The molecule has 3 amide bonds. The minimum atomic E-state index is -4.79. The maximum atomic E-state index is 14.2. The maximum absolute atomic E-state index is 14.2. The number of nitrogens with one attached hydrogen (secondary N) is 1. The molecule has 48 heavy (non-hydrogen) atoms. The van der Waals surface area contributed by atoms with Crippen LogP contribution in [0.5, 0.6) is 0 Å². The van der Waals surface area contributed by atoms with Gasteiger partial charge in [-0.2, -0.15) is 0 Å². The highest BCUT2D eigenvalue weighted by atomic mass is 31.2. The molecule has 1 N–H and O–H groups in total. The van der Waals surface area contributed by atoms with E-state index in [9.17, 15) is 23.7 Å². The molecule has 0 unspecified atom stereocenters. The van der Waals surface area contributed by atoms with Gasteiger partial charge in [-0.05, 0) is 26.2 Å². The Bertz CT molecular complexity index is 1510. The van der Waals surface area contributed by atoms with E-state index in [1.807, 2.05) is 17.9 Å². The van der Waals surface area contributed by atoms with E-state index in [0.29, 0.717) is 17.9 Å². The van der Waals surface area contributed by atoms with E-state index in [2.05, 4.69) is 15.2 Å². The van der Waals surface area contributed by atoms with Crippen molar-refractivity contribution in [2.24, 2.45) is 0 Å². The molecule has 0 aliphatic carbocycles. The number of carbonyl (C=O) groups is 4. The van der Waals surface area contributed by atoms with E-state index < -0.39 is 36.8 Å². The SMILES string of the molecule is CCCCOC(=O)N1CCN(C(=O)[C@@](C)(NC(=O)c2cc(N3CCC[C@@H]3OC)nc(-c3ccccc3)n2)[P@@](=O)(OC)OOC(C)=O)CC1. The van der Waals surface area contributed by atoms with Gasteiger partial charge in [0.1, 0.15) is 17.7 Å². The second-order valence-corrected chi connectivity index (χ2v) is 13.8. The minimum absolute atomic E-state index is 0.0215. The largest absolute Gasteiger partial charge is 0.449 e. The highest BCUT2D eigenvalue weighted by Gasteiger charge is 2.58. The fourth-order valence-electron chi connectivity index (χ4n) is 5.37. The molecule has 3 atom stereocenters. The summed E-state index contributed by atoms with van der Waals surface area (Å²) in [5.41, 5.74) is 0.488.